The van der Waals surface area contributed by atoms with Gasteiger partial charge in [0.25, 0.3) is 8.32 Å². The maximum absolute atomic E-state index is 12.6. The minimum atomic E-state index is -2.57. The quantitative estimate of drug-likeness (QED) is 0.251. The van der Waals surface area contributed by atoms with Crippen molar-refractivity contribution in [3.8, 4) is 0 Å². The fraction of sp³-hybridized carbons (Fsp3) is 0.480. The van der Waals surface area contributed by atoms with Crippen LogP contribution < -0.4 is 10.4 Å². The highest BCUT2D eigenvalue weighted by Crippen LogP contribution is 2.60. The molecule has 0 unspecified atom stereocenters. The van der Waals surface area contributed by atoms with Gasteiger partial charge in [-0.3, -0.25) is 4.79 Å². The number of benzene rings is 2. The summed E-state index contributed by atoms with van der Waals surface area (Å²) in [6, 6.07) is 21.5. The van der Waals surface area contributed by atoms with E-state index in [0.717, 1.165) is 6.42 Å². The lowest BCUT2D eigenvalue weighted by atomic mass is 9.80. The molecule has 3 fully saturated rings. The highest BCUT2D eigenvalue weighted by Gasteiger charge is 2.66. The van der Waals surface area contributed by atoms with E-state index in [2.05, 4.69) is 104 Å². The van der Waals surface area contributed by atoms with E-state index in [9.17, 15) is 4.79 Å². The van der Waals surface area contributed by atoms with Crippen molar-refractivity contribution < 1.29 is 14.0 Å². The Balaban J connectivity index is 1.54. The first kappa shape index (κ1) is 20.7. The van der Waals surface area contributed by atoms with Gasteiger partial charge in [-0.05, 0) is 33.7 Å². The van der Waals surface area contributed by atoms with Gasteiger partial charge in [0.05, 0.1) is 9.84 Å². The van der Waals surface area contributed by atoms with Crippen LogP contribution in [0.15, 0.2) is 60.7 Å². The molecule has 2 aromatic rings. The zero-order chi connectivity index (χ0) is 21.1. The molecule has 6 atom stereocenters. The summed E-state index contributed by atoms with van der Waals surface area (Å²) in [5.74, 6) is 1.24. The second-order valence-electron chi connectivity index (χ2n) is 10.1. The van der Waals surface area contributed by atoms with E-state index in [4.69, 9.17) is 9.16 Å². The number of ether oxygens (including phenoxy) is 1. The van der Waals surface area contributed by atoms with Crippen LogP contribution in [0.2, 0.25) is 5.04 Å². The topological polar surface area (TPSA) is 35.5 Å². The van der Waals surface area contributed by atoms with E-state index < -0.39 is 8.32 Å². The van der Waals surface area contributed by atoms with E-state index in [1.807, 2.05) is 0 Å². The number of halogens is 1. The second-order valence-corrected chi connectivity index (χ2v) is 15.8. The van der Waals surface area contributed by atoms with Crippen LogP contribution in [-0.4, -0.2) is 30.9 Å². The third-order valence-electron chi connectivity index (χ3n) is 7.60. The molecule has 0 spiro atoms. The minimum Gasteiger partial charge on any atom is -0.461 e. The smallest absolute Gasteiger partial charge is 0.310 e. The van der Waals surface area contributed by atoms with E-state index in [1.165, 1.54) is 10.4 Å². The lowest BCUT2D eigenvalue weighted by Gasteiger charge is -2.44. The van der Waals surface area contributed by atoms with Crippen LogP contribution in [0.25, 0.3) is 0 Å². The summed E-state index contributed by atoms with van der Waals surface area (Å²) < 4.78 is 13.4. The summed E-state index contributed by atoms with van der Waals surface area (Å²) in [5.41, 5.74) is 0. The van der Waals surface area contributed by atoms with Gasteiger partial charge in [-0.1, -0.05) is 104 Å². The molecule has 2 bridgehead atoms. The number of esters is 1. The average molecular weight is 532 g/mol. The van der Waals surface area contributed by atoms with Gasteiger partial charge in [-0.15, -0.1) is 0 Å². The Hall–Kier alpha value is -1.18. The third kappa shape index (κ3) is 2.95. The summed E-state index contributed by atoms with van der Waals surface area (Å²) >= 11 is 2.52. The Morgan fingerprint density at radius 3 is 2.10 bits per heavy atom. The summed E-state index contributed by atoms with van der Waals surface area (Å²) in [7, 11) is -2.57. The second kappa shape index (κ2) is 7.45. The summed E-state index contributed by atoms with van der Waals surface area (Å²) in [4.78, 5) is 12.6. The zero-order valence-corrected chi connectivity index (χ0v) is 20.9. The van der Waals surface area contributed by atoms with Crippen LogP contribution in [0, 0.1) is 23.7 Å². The molecule has 3 aliphatic rings. The molecule has 2 saturated carbocycles. The number of hydrogen-bond donors (Lipinski definition) is 0. The molecule has 158 valence electrons. The van der Waals surface area contributed by atoms with E-state index in [1.54, 1.807) is 0 Å². The number of fused-ring (bicyclic) bond motifs is 1. The van der Waals surface area contributed by atoms with E-state index >= 15 is 0 Å². The number of carbonyl (C=O) groups is 1. The first-order valence-corrected chi connectivity index (χ1v) is 14.1. The van der Waals surface area contributed by atoms with E-state index in [0.29, 0.717) is 22.4 Å². The minimum absolute atomic E-state index is 0.0164. The van der Waals surface area contributed by atoms with Crippen molar-refractivity contribution in [3.05, 3.63) is 60.7 Å². The van der Waals surface area contributed by atoms with Crippen molar-refractivity contribution in [2.45, 2.75) is 42.3 Å². The number of carbonyl (C=O) groups excluding carboxylic acids is 1. The van der Waals surface area contributed by atoms with Crippen LogP contribution in [0.5, 0.6) is 0 Å². The summed E-state index contributed by atoms with van der Waals surface area (Å²) in [5, 5.41) is 2.55. The summed E-state index contributed by atoms with van der Waals surface area (Å²) in [6.45, 7) is 7.56. The molecule has 0 amide bonds. The van der Waals surface area contributed by atoms with Crippen LogP contribution in [-0.2, 0) is 14.0 Å². The molecule has 5 heteroatoms. The van der Waals surface area contributed by atoms with E-state index in [-0.39, 0.29) is 28.9 Å². The highest BCUT2D eigenvalue weighted by molar-refractivity contribution is 14.1. The van der Waals surface area contributed by atoms with Gasteiger partial charge in [0.2, 0.25) is 0 Å². The van der Waals surface area contributed by atoms with Gasteiger partial charge < -0.3 is 9.16 Å². The van der Waals surface area contributed by atoms with Crippen molar-refractivity contribution in [1.29, 1.82) is 0 Å². The largest absolute Gasteiger partial charge is 0.461 e. The van der Waals surface area contributed by atoms with Crippen molar-refractivity contribution >= 4 is 47.3 Å². The first-order chi connectivity index (χ1) is 14.3. The normalized spacial score (nSPS) is 32.5. The van der Waals surface area contributed by atoms with Gasteiger partial charge in [-0.2, -0.15) is 0 Å². The Bertz CT molecular complexity index is 887. The molecular formula is C25H29IO3Si. The van der Waals surface area contributed by atoms with Gasteiger partial charge >= 0.3 is 5.97 Å². The molecule has 1 heterocycles. The Morgan fingerprint density at radius 2 is 1.57 bits per heavy atom. The summed E-state index contributed by atoms with van der Waals surface area (Å²) in [6.07, 6.45) is 1.25. The van der Waals surface area contributed by atoms with Crippen LogP contribution in [0.4, 0.5) is 0 Å². The van der Waals surface area contributed by atoms with Gasteiger partial charge in [0, 0.05) is 12.5 Å². The fourth-order valence-electron chi connectivity index (χ4n) is 6.33. The molecule has 1 saturated heterocycles. The Labute approximate surface area is 193 Å². The van der Waals surface area contributed by atoms with Crippen LogP contribution in [0.1, 0.15) is 27.2 Å². The van der Waals surface area contributed by atoms with Crippen molar-refractivity contribution in [2.24, 2.45) is 23.7 Å². The lowest BCUT2D eigenvalue weighted by Crippen LogP contribution is -2.67. The average Bonchev–Trinajstić information content (AvgIpc) is 3.34. The number of rotatable bonds is 5. The van der Waals surface area contributed by atoms with Gasteiger partial charge in [-0.25, -0.2) is 0 Å². The monoisotopic (exact) mass is 532 g/mol. The molecular weight excluding hydrogens is 503 g/mol. The molecule has 2 aliphatic carbocycles. The first-order valence-electron chi connectivity index (χ1n) is 10.9. The maximum Gasteiger partial charge on any atom is 0.310 e. The van der Waals surface area contributed by atoms with Crippen molar-refractivity contribution in [3.63, 3.8) is 0 Å². The van der Waals surface area contributed by atoms with Crippen molar-refractivity contribution in [2.75, 3.05) is 6.61 Å². The predicted octanol–water partition coefficient (Wildman–Crippen LogP) is 4.17. The van der Waals surface area contributed by atoms with Crippen LogP contribution >= 0.6 is 22.6 Å². The molecule has 2 aromatic carbocycles. The van der Waals surface area contributed by atoms with Gasteiger partial charge in [0.1, 0.15) is 6.10 Å². The maximum atomic E-state index is 12.6. The molecule has 0 N–H and O–H groups in total. The van der Waals surface area contributed by atoms with Crippen LogP contribution in [0.3, 0.4) is 0 Å². The zero-order valence-electron chi connectivity index (χ0n) is 17.8. The Kier molecular flexibility index (Phi) is 5.14. The number of hydrogen-bond acceptors (Lipinski definition) is 3. The molecule has 0 radical (unpaired) electrons. The highest BCUT2D eigenvalue weighted by atomic mass is 127. The molecule has 5 rings (SSSR count). The standard InChI is InChI=1S/C25H29IO3Si/c1-25(2,3)30(16-10-6-4-7-11-16,17-12-8-5-9-13-17)28-15-20-18-14-19-21(20)24(27)29-23(19)22(18)26/h4-13,18-23H,14-15H2,1-3H3/t18-,19-,20-,21-,22-,23+/m1/s1. The lowest BCUT2D eigenvalue weighted by molar-refractivity contribution is -0.144. The fourth-order valence-corrected chi connectivity index (χ4v) is 12.4. The van der Waals surface area contributed by atoms with Crippen molar-refractivity contribution in [1.82, 2.24) is 0 Å². The molecule has 0 aromatic heterocycles. The number of alkyl halides is 1. The van der Waals surface area contributed by atoms with Gasteiger partial charge in [0.15, 0.2) is 0 Å². The third-order valence-corrected chi connectivity index (χ3v) is 14.2. The predicted molar refractivity (Wildman–Crippen MR) is 130 cm³/mol. The Morgan fingerprint density at radius 1 is 1.00 bits per heavy atom. The molecule has 30 heavy (non-hydrogen) atoms. The molecule has 1 aliphatic heterocycles. The SMILES string of the molecule is CC(C)(C)[Si](OC[C@@H]1[C@H]2C[C@H]3[C@H](OC(=O)[C@@H]13)[C@@H]2I)(c1ccccc1)c1ccccc1. The molecule has 3 nitrogen and oxygen atoms in total.